The number of anilines is 2. The third-order valence-corrected chi connectivity index (χ3v) is 3.72. The fourth-order valence-electron chi connectivity index (χ4n) is 2.11. The van der Waals surface area contributed by atoms with Crippen LogP contribution in [-0.4, -0.2) is 54.8 Å². The lowest BCUT2D eigenvalue weighted by Crippen LogP contribution is -2.49. The molecule has 21 heavy (non-hydrogen) atoms. The maximum Gasteiger partial charge on any atom is 0.236 e. The molecule has 0 unspecified atom stereocenters. The lowest BCUT2D eigenvalue weighted by molar-refractivity contribution is -0.134. The van der Waals surface area contributed by atoms with Crippen LogP contribution in [0.2, 0.25) is 5.02 Å². The second-order valence-electron chi connectivity index (χ2n) is 5.12. The summed E-state index contributed by atoms with van der Waals surface area (Å²) in [7, 11) is 1.79. The van der Waals surface area contributed by atoms with Gasteiger partial charge in [-0.3, -0.25) is 14.5 Å². The van der Waals surface area contributed by atoms with Gasteiger partial charge in [-0.2, -0.15) is 0 Å². The van der Waals surface area contributed by atoms with Crippen molar-refractivity contribution < 1.29 is 9.59 Å². The van der Waals surface area contributed by atoms with E-state index in [-0.39, 0.29) is 11.8 Å². The molecular weight excluding hydrogens is 292 g/mol. The Labute approximate surface area is 128 Å². The van der Waals surface area contributed by atoms with E-state index in [9.17, 15) is 9.59 Å². The van der Waals surface area contributed by atoms with Crippen LogP contribution in [0.5, 0.6) is 0 Å². The highest BCUT2D eigenvalue weighted by Gasteiger charge is 2.21. The zero-order valence-corrected chi connectivity index (χ0v) is 12.7. The van der Waals surface area contributed by atoms with Gasteiger partial charge >= 0.3 is 0 Å². The number of rotatable bonds is 4. The number of piperazine rings is 1. The van der Waals surface area contributed by atoms with Crippen molar-refractivity contribution in [3.63, 3.8) is 0 Å². The Morgan fingerprint density at radius 3 is 2.90 bits per heavy atom. The second-order valence-corrected chi connectivity index (χ2v) is 5.56. The van der Waals surface area contributed by atoms with Crippen LogP contribution in [0.15, 0.2) is 18.2 Å². The fraction of sp³-hybridized carbons (Fsp3) is 0.429. The van der Waals surface area contributed by atoms with Crippen LogP contribution in [-0.2, 0) is 9.59 Å². The van der Waals surface area contributed by atoms with Crippen molar-refractivity contribution in [2.75, 3.05) is 44.3 Å². The first kappa shape index (κ1) is 15.6. The number of benzene rings is 1. The number of nitrogen functional groups attached to an aromatic ring is 1. The first-order chi connectivity index (χ1) is 9.95. The van der Waals surface area contributed by atoms with E-state index in [4.69, 9.17) is 17.3 Å². The summed E-state index contributed by atoms with van der Waals surface area (Å²) in [6.45, 7) is 2.39. The summed E-state index contributed by atoms with van der Waals surface area (Å²) in [6, 6.07) is 4.94. The number of hydrogen-bond acceptors (Lipinski definition) is 4. The molecule has 1 saturated heterocycles. The van der Waals surface area contributed by atoms with E-state index >= 15 is 0 Å². The van der Waals surface area contributed by atoms with Gasteiger partial charge in [-0.05, 0) is 18.2 Å². The molecular formula is C14H19ClN4O2. The van der Waals surface area contributed by atoms with E-state index in [0.717, 1.165) is 6.54 Å². The number of nitrogens with one attached hydrogen (secondary N) is 1. The molecule has 0 radical (unpaired) electrons. The standard InChI is InChI=1S/C14H19ClN4O2/c1-18-6-7-19(9-14(18)21)5-4-13(20)17-12-8-10(15)2-3-11(12)16/h2-3,8H,4-7,9,16H2,1H3,(H,17,20). The van der Waals surface area contributed by atoms with E-state index in [0.29, 0.717) is 42.5 Å². The second kappa shape index (κ2) is 6.78. The van der Waals surface area contributed by atoms with Gasteiger partial charge in [-0.25, -0.2) is 0 Å². The Balaban J connectivity index is 1.82. The molecule has 1 heterocycles. The van der Waals surface area contributed by atoms with Crippen molar-refractivity contribution in [2.45, 2.75) is 6.42 Å². The summed E-state index contributed by atoms with van der Waals surface area (Å²) < 4.78 is 0. The number of amides is 2. The van der Waals surface area contributed by atoms with E-state index < -0.39 is 0 Å². The molecule has 7 heteroatoms. The molecule has 6 nitrogen and oxygen atoms in total. The predicted molar refractivity (Wildman–Crippen MR) is 83.2 cm³/mol. The average molecular weight is 311 g/mol. The average Bonchev–Trinajstić information content (AvgIpc) is 2.44. The topological polar surface area (TPSA) is 78.7 Å². The van der Waals surface area contributed by atoms with Crippen LogP contribution in [0, 0.1) is 0 Å². The minimum atomic E-state index is -0.143. The molecule has 1 aromatic rings. The van der Waals surface area contributed by atoms with Gasteiger partial charge in [0.1, 0.15) is 0 Å². The van der Waals surface area contributed by atoms with E-state index in [1.54, 1.807) is 30.1 Å². The number of halogens is 1. The highest BCUT2D eigenvalue weighted by molar-refractivity contribution is 6.31. The Hall–Kier alpha value is -1.79. The normalized spacial score (nSPS) is 16.1. The SMILES string of the molecule is CN1CCN(CCC(=O)Nc2cc(Cl)ccc2N)CC1=O. The van der Waals surface area contributed by atoms with Gasteiger partial charge in [-0.15, -0.1) is 0 Å². The molecule has 2 amide bonds. The summed E-state index contributed by atoms with van der Waals surface area (Å²) in [6.07, 6.45) is 0.308. The molecule has 1 fully saturated rings. The summed E-state index contributed by atoms with van der Waals surface area (Å²) in [5.41, 5.74) is 6.77. The van der Waals surface area contributed by atoms with E-state index in [1.165, 1.54) is 0 Å². The highest BCUT2D eigenvalue weighted by atomic mass is 35.5. The lowest BCUT2D eigenvalue weighted by Gasteiger charge is -2.31. The van der Waals surface area contributed by atoms with E-state index in [1.807, 2.05) is 4.90 Å². The molecule has 3 N–H and O–H groups in total. The Bertz CT molecular complexity index is 550. The van der Waals surface area contributed by atoms with Crippen LogP contribution < -0.4 is 11.1 Å². The number of nitrogens with zero attached hydrogens (tertiary/aromatic N) is 2. The molecule has 1 aliphatic heterocycles. The number of hydrogen-bond donors (Lipinski definition) is 2. The maximum atomic E-state index is 11.9. The molecule has 0 aromatic heterocycles. The minimum Gasteiger partial charge on any atom is -0.397 e. The molecule has 2 rings (SSSR count). The first-order valence-corrected chi connectivity index (χ1v) is 7.14. The van der Waals surface area contributed by atoms with Gasteiger partial charge in [0.25, 0.3) is 0 Å². The van der Waals surface area contributed by atoms with Crippen molar-refractivity contribution in [1.82, 2.24) is 9.80 Å². The van der Waals surface area contributed by atoms with Crippen LogP contribution in [0.3, 0.4) is 0 Å². The van der Waals surface area contributed by atoms with Gasteiger partial charge in [0.15, 0.2) is 0 Å². The van der Waals surface area contributed by atoms with Crippen molar-refractivity contribution in [3.05, 3.63) is 23.2 Å². The zero-order chi connectivity index (χ0) is 15.4. The smallest absolute Gasteiger partial charge is 0.236 e. The third kappa shape index (κ3) is 4.34. The molecule has 114 valence electrons. The molecule has 0 aliphatic carbocycles. The molecule has 0 saturated carbocycles. The molecule has 1 aliphatic rings. The Morgan fingerprint density at radius 2 is 2.19 bits per heavy atom. The molecule has 0 bridgehead atoms. The molecule has 0 atom stereocenters. The maximum absolute atomic E-state index is 11.9. The number of nitrogens with two attached hydrogens (primary N) is 1. The monoisotopic (exact) mass is 310 g/mol. The number of carbonyl (C=O) groups excluding carboxylic acids is 2. The van der Waals surface area contributed by atoms with Gasteiger partial charge in [0.05, 0.1) is 17.9 Å². The molecule has 1 aromatic carbocycles. The van der Waals surface area contributed by atoms with Crippen LogP contribution in [0.1, 0.15) is 6.42 Å². The minimum absolute atomic E-state index is 0.0840. The number of likely N-dealkylation sites (N-methyl/N-ethyl adjacent to an activating group) is 1. The van der Waals surface area contributed by atoms with E-state index in [2.05, 4.69) is 5.32 Å². The number of carbonyl (C=O) groups is 2. The van der Waals surface area contributed by atoms with Crippen molar-refractivity contribution in [3.8, 4) is 0 Å². The quantitative estimate of drug-likeness (QED) is 0.814. The van der Waals surface area contributed by atoms with Gasteiger partial charge in [-0.1, -0.05) is 11.6 Å². The van der Waals surface area contributed by atoms with Gasteiger partial charge < -0.3 is 16.0 Å². The predicted octanol–water partition coefficient (Wildman–Crippen LogP) is 1.02. The molecule has 0 spiro atoms. The highest BCUT2D eigenvalue weighted by Crippen LogP contribution is 2.22. The Morgan fingerprint density at radius 1 is 1.43 bits per heavy atom. The van der Waals surface area contributed by atoms with Crippen molar-refractivity contribution in [1.29, 1.82) is 0 Å². The van der Waals surface area contributed by atoms with Gasteiger partial charge in [0.2, 0.25) is 11.8 Å². The summed E-state index contributed by atoms with van der Waals surface area (Å²) >= 11 is 5.87. The third-order valence-electron chi connectivity index (χ3n) is 3.48. The van der Waals surface area contributed by atoms with Crippen LogP contribution in [0.25, 0.3) is 0 Å². The van der Waals surface area contributed by atoms with Gasteiger partial charge in [0, 0.05) is 38.1 Å². The summed E-state index contributed by atoms with van der Waals surface area (Å²) in [5.74, 6) is -0.0592. The van der Waals surface area contributed by atoms with Crippen LogP contribution in [0.4, 0.5) is 11.4 Å². The zero-order valence-electron chi connectivity index (χ0n) is 11.9. The van der Waals surface area contributed by atoms with Crippen molar-refractivity contribution >= 4 is 34.8 Å². The lowest BCUT2D eigenvalue weighted by atomic mass is 10.2. The first-order valence-electron chi connectivity index (χ1n) is 6.77. The van der Waals surface area contributed by atoms with Crippen LogP contribution >= 0.6 is 11.6 Å². The fourth-order valence-corrected chi connectivity index (χ4v) is 2.28. The largest absolute Gasteiger partial charge is 0.397 e. The summed E-state index contributed by atoms with van der Waals surface area (Å²) in [5, 5.41) is 3.26. The van der Waals surface area contributed by atoms with Crippen molar-refractivity contribution in [2.24, 2.45) is 0 Å². The Kier molecular flexibility index (Phi) is 5.03. The summed E-state index contributed by atoms with van der Waals surface area (Å²) in [4.78, 5) is 27.2.